The fourth-order valence-electron chi connectivity index (χ4n) is 2.03. The van der Waals surface area contributed by atoms with Gasteiger partial charge in [0.05, 0.1) is 5.69 Å². The normalized spacial score (nSPS) is 12.6. The van der Waals surface area contributed by atoms with E-state index in [-0.39, 0.29) is 11.9 Å². The van der Waals surface area contributed by atoms with Crippen LogP contribution in [-0.2, 0) is 6.54 Å². The highest BCUT2D eigenvalue weighted by Gasteiger charge is 2.15. The molecule has 19 heavy (non-hydrogen) atoms. The molecule has 4 heteroatoms. The molecule has 0 aliphatic rings. The zero-order chi connectivity index (χ0) is 13.8. The summed E-state index contributed by atoms with van der Waals surface area (Å²) in [6.07, 6.45) is 1.69. The Morgan fingerprint density at radius 3 is 2.74 bits per heavy atom. The molecule has 0 radical (unpaired) electrons. The number of hydrogen-bond donors (Lipinski definition) is 1. The van der Waals surface area contributed by atoms with Gasteiger partial charge in [-0.2, -0.15) is 0 Å². The number of hydrogen-bond acceptors (Lipinski definition) is 3. The third kappa shape index (κ3) is 3.29. The summed E-state index contributed by atoms with van der Waals surface area (Å²) in [5.41, 5.74) is 7.99. The summed E-state index contributed by atoms with van der Waals surface area (Å²) in [6, 6.07) is 10.4. The average molecular weight is 259 g/mol. The number of halogens is 1. The predicted molar refractivity (Wildman–Crippen MR) is 74.9 cm³/mol. The minimum Gasteiger partial charge on any atom is -0.399 e. The van der Waals surface area contributed by atoms with Crippen LogP contribution in [0.5, 0.6) is 0 Å². The van der Waals surface area contributed by atoms with Crippen molar-refractivity contribution in [1.82, 2.24) is 9.88 Å². The molecule has 0 aliphatic heterocycles. The van der Waals surface area contributed by atoms with Crippen molar-refractivity contribution in [2.24, 2.45) is 0 Å². The fourth-order valence-corrected chi connectivity index (χ4v) is 2.03. The van der Waals surface area contributed by atoms with Gasteiger partial charge in [0.1, 0.15) is 5.82 Å². The molecule has 1 atom stereocenters. The van der Waals surface area contributed by atoms with Crippen LogP contribution in [-0.4, -0.2) is 16.9 Å². The number of nitrogens with zero attached hydrogens (tertiary/aromatic N) is 2. The van der Waals surface area contributed by atoms with E-state index in [2.05, 4.69) is 4.98 Å². The highest BCUT2D eigenvalue weighted by Crippen LogP contribution is 2.22. The number of benzene rings is 1. The maximum Gasteiger partial charge on any atom is 0.127 e. The molecule has 0 saturated carbocycles. The van der Waals surface area contributed by atoms with E-state index in [0.29, 0.717) is 17.8 Å². The Labute approximate surface area is 112 Å². The number of nitrogen functional groups attached to an aromatic ring is 1. The molecule has 2 N–H and O–H groups in total. The fraction of sp³-hybridized carbons (Fsp3) is 0.267. The second-order valence-corrected chi connectivity index (χ2v) is 4.69. The van der Waals surface area contributed by atoms with Gasteiger partial charge in [-0.25, -0.2) is 4.39 Å². The van der Waals surface area contributed by atoms with E-state index in [1.165, 1.54) is 6.07 Å². The Morgan fingerprint density at radius 2 is 2.05 bits per heavy atom. The summed E-state index contributed by atoms with van der Waals surface area (Å²) < 4.78 is 13.7. The van der Waals surface area contributed by atoms with Gasteiger partial charge in [-0.15, -0.1) is 0 Å². The monoisotopic (exact) mass is 259 g/mol. The third-order valence-corrected chi connectivity index (χ3v) is 3.27. The molecule has 1 heterocycles. The molecule has 1 aromatic heterocycles. The summed E-state index contributed by atoms with van der Waals surface area (Å²) >= 11 is 0. The van der Waals surface area contributed by atoms with Crippen LogP contribution in [0.4, 0.5) is 10.1 Å². The predicted octanol–water partition coefficient (Wildman–Crippen LogP) is 3.00. The highest BCUT2D eigenvalue weighted by molar-refractivity contribution is 5.37. The van der Waals surface area contributed by atoms with E-state index >= 15 is 0 Å². The SMILES string of the molecule is CC(c1ccccc1F)N(C)Cc1cc(N)ccn1. The number of aromatic nitrogens is 1. The number of nitrogens with two attached hydrogens (primary N) is 1. The topological polar surface area (TPSA) is 42.1 Å². The second-order valence-electron chi connectivity index (χ2n) is 4.69. The van der Waals surface area contributed by atoms with E-state index in [4.69, 9.17) is 5.73 Å². The average Bonchev–Trinajstić information content (AvgIpc) is 2.38. The van der Waals surface area contributed by atoms with E-state index < -0.39 is 0 Å². The molecule has 0 bridgehead atoms. The zero-order valence-corrected chi connectivity index (χ0v) is 11.2. The van der Waals surface area contributed by atoms with E-state index in [0.717, 1.165) is 5.69 Å². The Balaban J connectivity index is 2.12. The van der Waals surface area contributed by atoms with E-state index in [1.54, 1.807) is 18.3 Å². The van der Waals surface area contributed by atoms with Crippen LogP contribution in [0.15, 0.2) is 42.6 Å². The first-order chi connectivity index (χ1) is 9.08. The Hall–Kier alpha value is -1.94. The van der Waals surface area contributed by atoms with Crippen LogP contribution in [0, 0.1) is 5.82 Å². The molecule has 1 unspecified atom stereocenters. The first kappa shape index (κ1) is 13.5. The minimum absolute atomic E-state index is 0.0237. The van der Waals surface area contributed by atoms with Crippen LogP contribution in [0.25, 0.3) is 0 Å². The zero-order valence-electron chi connectivity index (χ0n) is 11.2. The molecule has 0 amide bonds. The van der Waals surface area contributed by atoms with Crippen molar-refractivity contribution in [1.29, 1.82) is 0 Å². The molecule has 0 fully saturated rings. The molecule has 100 valence electrons. The maximum atomic E-state index is 13.7. The lowest BCUT2D eigenvalue weighted by molar-refractivity contribution is 0.245. The van der Waals surface area contributed by atoms with Crippen LogP contribution in [0.2, 0.25) is 0 Å². The van der Waals surface area contributed by atoms with Crippen molar-refractivity contribution in [2.75, 3.05) is 12.8 Å². The Bertz CT molecular complexity index is 557. The summed E-state index contributed by atoms with van der Waals surface area (Å²) in [4.78, 5) is 6.30. The minimum atomic E-state index is -0.178. The molecule has 3 nitrogen and oxygen atoms in total. The summed E-state index contributed by atoms with van der Waals surface area (Å²) in [5.74, 6) is -0.178. The molecule has 0 saturated heterocycles. The first-order valence-electron chi connectivity index (χ1n) is 6.23. The molecule has 0 aliphatic carbocycles. The van der Waals surface area contributed by atoms with Crippen molar-refractivity contribution in [2.45, 2.75) is 19.5 Å². The highest BCUT2D eigenvalue weighted by atomic mass is 19.1. The van der Waals surface area contributed by atoms with E-state index in [9.17, 15) is 4.39 Å². The maximum absolute atomic E-state index is 13.7. The summed E-state index contributed by atoms with van der Waals surface area (Å²) in [6.45, 7) is 2.60. The molecular formula is C15H18FN3. The van der Waals surface area contributed by atoms with Gasteiger partial charge in [-0.3, -0.25) is 9.88 Å². The van der Waals surface area contributed by atoms with Crippen LogP contribution in [0.1, 0.15) is 24.2 Å². The molecule has 2 rings (SSSR count). The van der Waals surface area contributed by atoms with Crippen LogP contribution in [0.3, 0.4) is 0 Å². The Morgan fingerprint density at radius 1 is 1.32 bits per heavy atom. The second kappa shape index (κ2) is 5.80. The largest absolute Gasteiger partial charge is 0.399 e. The van der Waals surface area contributed by atoms with Gasteiger partial charge in [0, 0.05) is 30.0 Å². The first-order valence-corrected chi connectivity index (χ1v) is 6.23. The van der Waals surface area contributed by atoms with Gasteiger partial charge in [0.2, 0.25) is 0 Å². The number of anilines is 1. The van der Waals surface area contributed by atoms with Gasteiger partial charge >= 0.3 is 0 Å². The lowest BCUT2D eigenvalue weighted by Gasteiger charge is -2.25. The molecular weight excluding hydrogens is 241 g/mol. The third-order valence-electron chi connectivity index (χ3n) is 3.27. The van der Waals surface area contributed by atoms with Gasteiger partial charge in [0.25, 0.3) is 0 Å². The molecule has 1 aromatic carbocycles. The standard InChI is InChI=1S/C15H18FN3/c1-11(14-5-3-4-6-15(14)16)19(2)10-13-9-12(17)7-8-18-13/h3-9,11H,10H2,1-2H3,(H2,17,18). The number of rotatable bonds is 4. The molecule has 2 aromatic rings. The van der Waals surface area contributed by atoms with Gasteiger partial charge < -0.3 is 5.73 Å². The van der Waals surface area contributed by atoms with Gasteiger partial charge in [-0.05, 0) is 32.2 Å². The lowest BCUT2D eigenvalue weighted by atomic mass is 10.1. The lowest BCUT2D eigenvalue weighted by Crippen LogP contribution is -2.23. The van der Waals surface area contributed by atoms with Gasteiger partial charge in [0.15, 0.2) is 0 Å². The summed E-state index contributed by atoms with van der Waals surface area (Å²) in [5, 5.41) is 0. The van der Waals surface area contributed by atoms with Crippen molar-refractivity contribution in [3.05, 3.63) is 59.7 Å². The smallest absolute Gasteiger partial charge is 0.127 e. The van der Waals surface area contributed by atoms with Crippen LogP contribution < -0.4 is 5.73 Å². The van der Waals surface area contributed by atoms with Crippen molar-refractivity contribution < 1.29 is 4.39 Å². The van der Waals surface area contributed by atoms with Crippen molar-refractivity contribution in [3.8, 4) is 0 Å². The van der Waals surface area contributed by atoms with Gasteiger partial charge in [-0.1, -0.05) is 18.2 Å². The van der Waals surface area contributed by atoms with Crippen LogP contribution >= 0.6 is 0 Å². The quantitative estimate of drug-likeness (QED) is 0.917. The molecule has 0 spiro atoms. The Kier molecular flexibility index (Phi) is 4.12. The summed E-state index contributed by atoms with van der Waals surface area (Å²) in [7, 11) is 1.95. The number of pyridine rings is 1. The van der Waals surface area contributed by atoms with E-state index in [1.807, 2.05) is 37.1 Å². The van der Waals surface area contributed by atoms with Crippen molar-refractivity contribution >= 4 is 5.69 Å². The van der Waals surface area contributed by atoms with Crippen molar-refractivity contribution in [3.63, 3.8) is 0 Å².